The van der Waals surface area contributed by atoms with Gasteiger partial charge in [0.15, 0.2) is 0 Å². The minimum Gasteiger partial charge on any atom is -0.342 e. The molecule has 0 bridgehead atoms. The zero-order valence-electron chi connectivity index (χ0n) is 11.1. The van der Waals surface area contributed by atoms with Gasteiger partial charge in [-0.15, -0.1) is 11.3 Å². The number of hydrogen-bond donors (Lipinski definition) is 1. The van der Waals surface area contributed by atoms with Crippen LogP contribution in [0.2, 0.25) is 0 Å². The highest BCUT2D eigenvalue weighted by molar-refractivity contribution is 7.09. The third-order valence-electron chi connectivity index (χ3n) is 3.28. The van der Waals surface area contributed by atoms with Crippen LogP contribution in [0.4, 0.5) is 0 Å². The molecule has 0 radical (unpaired) electrons. The second-order valence-electron chi connectivity index (χ2n) is 4.87. The monoisotopic (exact) mass is 267 g/mol. The van der Waals surface area contributed by atoms with E-state index in [9.17, 15) is 4.79 Å². The fourth-order valence-corrected chi connectivity index (χ4v) is 2.98. The zero-order chi connectivity index (χ0) is 13.0. The van der Waals surface area contributed by atoms with E-state index < -0.39 is 0 Å². The number of likely N-dealkylation sites (tertiary alicyclic amines) is 1. The van der Waals surface area contributed by atoms with Crippen LogP contribution in [-0.4, -0.2) is 35.4 Å². The number of nitrogens with one attached hydrogen (secondary N) is 1. The van der Waals surface area contributed by atoms with Gasteiger partial charge < -0.3 is 4.90 Å². The lowest BCUT2D eigenvalue weighted by Crippen LogP contribution is -2.41. The SMILES string of the molecule is Cc1csc(C(C)NCC(=O)N2CCCCC2)n1. The fourth-order valence-electron chi connectivity index (χ4n) is 2.15. The predicted molar refractivity (Wildman–Crippen MR) is 73.7 cm³/mol. The van der Waals surface area contributed by atoms with E-state index in [1.807, 2.05) is 17.2 Å². The topological polar surface area (TPSA) is 45.2 Å². The summed E-state index contributed by atoms with van der Waals surface area (Å²) >= 11 is 1.65. The standard InChI is InChI=1S/C13H21N3OS/c1-10-9-18-13(15-10)11(2)14-8-12(17)16-6-4-3-5-7-16/h9,11,14H,3-8H2,1-2H3. The first-order chi connectivity index (χ1) is 8.66. The molecule has 1 aliphatic heterocycles. The Morgan fingerprint density at radius 3 is 2.83 bits per heavy atom. The molecule has 1 aromatic heterocycles. The Kier molecular flexibility index (Phi) is 4.72. The first kappa shape index (κ1) is 13.5. The van der Waals surface area contributed by atoms with Crippen LogP contribution >= 0.6 is 11.3 Å². The summed E-state index contributed by atoms with van der Waals surface area (Å²) in [4.78, 5) is 18.4. The minimum atomic E-state index is 0.150. The number of amides is 1. The predicted octanol–water partition coefficient (Wildman–Crippen LogP) is 2.11. The van der Waals surface area contributed by atoms with Crippen molar-refractivity contribution >= 4 is 17.2 Å². The van der Waals surface area contributed by atoms with Crippen molar-refractivity contribution in [1.29, 1.82) is 0 Å². The summed E-state index contributed by atoms with van der Waals surface area (Å²) < 4.78 is 0. The fraction of sp³-hybridized carbons (Fsp3) is 0.692. The molecule has 18 heavy (non-hydrogen) atoms. The van der Waals surface area contributed by atoms with Gasteiger partial charge in [-0.25, -0.2) is 4.98 Å². The average molecular weight is 267 g/mol. The van der Waals surface area contributed by atoms with Crippen LogP contribution in [0.1, 0.15) is 42.9 Å². The van der Waals surface area contributed by atoms with Crippen molar-refractivity contribution in [2.75, 3.05) is 19.6 Å². The van der Waals surface area contributed by atoms with E-state index in [-0.39, 0.29) is 11.9 Å². The summed E-state index contributed by atoms with van der Waals surface area (Å²) in [6, 6.07) is 0.150. The molecule has 1 atom stereocenters. The molecule has 2 heterocycles. The molecule has 1 N–H and O–H groups in total. The molecule has 1 aromatic rings. The normalized spacial score (nSPS) is 17.8. The van der Waals surface area contributed by atoms with Crippen LogP contribution in [0.25, 0.3) is 0 Å². The zero-order valence-corrected chi connectivity index (χ0v) is 11.9. The van der Waals surface area contributed by atoms with Crippen LogP contribution in [0.5, 0.6) is 0 Å². The van der Waals surface area contributed by atoms with Gasteiger partial charge in [0.1, 0.15) is 5.01 Å². The smallest absolute Gasteiger partial charge is 0.236 e. The Morgan fingerprint density at radius 1 is 1.50 bits per heavy atom. The number of piperidine rings is 1. The highest BCUT2D eigenvalue weighted by Gasteiger charge is 2.17. The van der Waals surface area contributed by atoms with Crippen molar-refractivity contribution in [3.8, 4) is 0 Å². The van der Waals surface area contributed by atoms with Crippen LogP contribution in [0.15, 0.2) is 5.38 Å². The number of carbonyl (C=O) groups is 1. The highest BCUT2D eigenvalue weighted by Crippen LogP contribution is 2.17. The second-order valence-corrected chi connectivity index (χ2v) is 5.76. The molecule has 1 unspecified atom stereocenters. The molecule has 0 aliphatic carbocycles. The largest absolute Gasteiger partial charge is 0.342 e. The Morgan fingerprint density at radius 2 is 2.22 bits per heavy atom. The molecule has 1 saturated heterocycles. The minimum absolute atomic E-state index is 0.150. The molecular weight excluding hydrogens is 246 g/mol. The maximum absolute atomic E-state index is 12.0. The Hall–Kier alpha value is -0.940. The van der Waals surface area contributed by atoms with E-state index in [2.05, 4.69) is 17.2 Å². The molecule has 100 valence electrons. The van der Waals surface area contributed by atoms with E-state index in [4.69, 9.17) is 0 Å². The first-order valence-corrected chi connectivity index (χ1v) is 7.48. The molecular formula is C13H21N3OS. The van der Waals surface area contributed by atoms with Gasteiger partial charge in [-0.05, 0) is 33.1 Å². The van der Waals surface area contributed by atoms with E-state index in [1.165, 1.54) is 6.42 Å². The van der Waals surface area contributed by atoms with Crippen molar-refractivity contribution in [3.63, 3.8) is 0 Å². The summed E-state index contributed by atoms with van der Waals surface area (Å²) in [5.74, 6) is 0.217. The molecule has 0 aromatic carbocycles. The van der Waals surface area contributed by atoms with Crippen LogP contribution in [0, 0.1) is 6.92 Å². The van der Waals surface area contributed by atoms with Crippen molar-refractivity contribution in [3.05, 3.63) is 16.1 Å². The molecule has 4 nitrogen and oxygen atoms in total. The van der Waals surface area contributed by atoms with Crippen LogP contribution < -0.4 is 5.32 Å². The third kappa shape index (κ3) is 3.53. The quantitative estimate of drug-likeness (QED) is 0.909. The molecule has 5 heteroatoms. The number of nitrogens with zero attached hydrogens (tertiary/aromatic N) is 2. The summed E-state index contributed by atoms with van der Waals surface area (Å²) in [6.07, 6.45) is 3.55. The molecule has 1 aliphatic rings. The Bertz CT molecular complexity index is 399. The lowest BCUT2D eigenvalue weighted by atomic mass is 10.1. The van der Waals surface area contributed by atoms with E-state index in [0.29, 0.717) is 6.54 Å². The van der Waals surface area contributed by atoms with E-state index in [0.717, 1.165) is 36.6 Å². The van der Waals surface area contributed by atoms with Gasteiger partial charge in [0, 0.05) is 24.2 Å². The Balaban J connectivity index is 1.78. The lowest BCUT2D eigenvalue weighted by molar-refractivity contribution is -0.131. The number of aryl methyl sites for hydroxylation is 1. The average Bonchev–Trinajstić information content (AvgIpc) is 2.83. The first-order valence-electron chi connectivity index (χ1n) is 6.60. The van der Waals surface area contributed by atoms with Gasteiger partial charge in [0.2, 0.25) is 5.91 Å². The lowest BCUT2D eigenvalue weighted by Gasteiger charge is -2.27. The third-order valence-corrected chi connectivity index (χ3v) is 4.42. The number of thiazole rings is 1. The second kappa shape index (κ2) is 6.29. The van der Waals surface area contributed by atoms with Crippen LogP contribution in [0.3, 0.4) is 0 Å². The molecule has 0 spiro atoms. The highest BCUT2D eigenvalue weighted by atomic mass is 32.1. The Labute approximate surface area is 112 Å². The van der Waals surface area contributed by atoms with Crippen molar-refractivity contribution in [1.82, 2.24) is 15.2 Å². The summed E-state index contributed by atoms with van der Waals surface area (Å²) in [7, 11) is 0. The summed E-state index contributed by atoms with van der Waals surface area (Å²) in [6.45, 7) is 6.31. The maximum Gasteiger partial charge on any atom is 0.236 e. The summed E-state index contributed by atoms with van der Waals surface area (Å²) in [5.41, 5.74) is 1.05. The number of aromatic nitrogens is 1. The van der Waals surface area contributed by atoms with Gasteiger partial charge in [-0.2, -0.15) is 0 Å². The molecule has 2 rings (SSSR count). The van der Waals surface area contributed by atoms with E-state index in [1.54, 1.807) is 11.3 Å². The number of rotatable bonds is 4. The number of carbonyl (C=O) groups excluding carboxylic acids is 1. The maximum atomic E-state index is 12.0. The van der Waals surface area contributed by atoms with Gasteiger partial charge in [-0.1, -0.05) is 0 Å². The van der Waals surface area contributed by atoms with Crippen molar-refractivity contribution < 1.29 is 4.79 Å². The van der Waals surface area contributed by atoms with E-state index >= 15 is 0 Å². The van der Waals surface area contributed by atoms with Crippen LogP contribution in [-0.2, 0) is 4.79 Å². The van der Waals surface area contributed by atoms with Gasteiger partial charge in [-0.3, -0.25) is 10.1 Å². The van der Waals surface area contributed by atoms with Crippen molar-refractivity contribution in [2.45, 2.75) is 39.2 Å². The van der Waals surface area contributed by atoms with Crippen molar-refractivity contribution in [2.24, 2.45) is 0 Å². The van der Waals surface area contributed by atoms with Gasteiger partial charge in [0.25, 0.3) is 0 Å². The molecule has 1 fully saturated rings. The van der Waals surface area contributed by atoms with Gasteiger partial charge >= 0.3 is 0 Å². The molecule has 1 amide bonds. The number of hydrogen-bond acceptors (Lipinski definition) is 4. The molecule has 0 saturated carbocycles. The summed E-state index contributed by atoms with van der Waals surface area (Å²) in [5, 5.41) is 6.36. The van der Waals surface area contributed by atoms with Gasteiger partial charge in [0.05, 0.1) is 12.6 Å².